The van der Waals surface area contributed by atoms with Crippen LogP contribution in [-0.4, -0.2) is 57.5 Å². The van der Waals surface area contributed by atoms with E-state index in [1.807, 2.05) is 24.3 Å². The first-order valence-electron chi connectivity index (χ1n) is 9.46. The number of fused-ring (bicyclic) bond motifs is 1. The molecule has 9 heteroatoms. The molecule has 3 aromatic rings. The zero-order valence-electron chi connectivity index (χ0n) is 17.3. The molecule has 2 aromatic carbocycles. The lowest BCUT2D eigenvalue weighted by molar-refractivity contribution is 0.356. The van der Waals surface area contributed by atoms with Crippen molar-refractivity contribution < 1.29 is 14.2 Å². The molecule has 1 fully saturated rings. The summed E-state index contributed by atoms with van der Waals surface area (Å²) in [5.41, 5.74) is 8.15. The lowest BCUT2D eigenvalue weighted by atomic mass is 10.2. The summed E-state index contributed by atoms with van der Waals surface area (Å²) in [6.45, 7) is 3.37. The fourth-order valence-electron chi connectivity index (χ4n) is 3.57. The van der Waals surface area contributed by atoms with Crippen LogP contribution in [0.1, 0.15) is 0 Å². The molecular formula is C21H26ClN5O3. The van der Waals surface area contributed by atoms with Crippen molar-refractivity contribution in [3.63, 3.8) is 0 Å². The maximum Gasteiger partial charge on any atom is 0.228 e. The molecule has 1 aliphatic heterocycles. The van der Waals surface area contributed by atoms with E-state index in [-0.39, 0.29) is 12.4 Å². The number of methoxy groups -OCH3 is 3. The number of aromatic nitrogens is 2. The molecule has 8 nitrogen and oxygen atoms in total. The average molecular weight is 432 g/mol. The molecule has 4 rings (SSSR count). The molecule has 160 valence electrons. The topological polar surface area (TPSA) is 86.0 Å². The van der Waals surface area contributed by atoms with Gasteiger partial charge in [-0.2, -0.15) is 4.98 Å². The molecule has 0 saturated carbocycles. The standard InChI is InChI=1S/C21H25N5O3.ClH/c1-27-15-6-4-14(5-7-15)25-8-10-26(11-9-25)21-23-17-13-19(29-3)18(28-2)12-16(17)20(22)24-21;/h4-7,12-13H,8-11H2,1-3H3,(H2,22,23,24);1H. The van der Waals surface area contributed by atoms with E-state index < -0.39 is 0 Å². The van der Waals surface area contributed by atoms with Crippen LogP contribution in [0, 0.1) is 0 Å². The summed E-state index contributed by atoms with van der Waals surface area (Å²) in [5.74, 6) is 3.16. The Hall–Kier alpha value is -3.13. The van der Waals surface area contributed by atoms with Gasteiger partial charge in [0.05, 0.1) is 26.8 Å². The van der Waals surface area contributed by atoms with Gasteiger partial charge in [-0.3, -0.25) is 0 Å². The SMILES string of the molecule is COc1ccc(N2CCN(c3nc(N)c4cc(OC)c(OC)cc4n3)CC2)cc1.Cl. The Kier molecular flexibility index (Phi) is 6.56. The van der Waals surface area contributed by atoms with E-state index in [9.17, 15) is 0 Å². The summed E-state index contributed by atoms with van der Waals surface area (Å²) in [7, 11) is 4.87. The fourth-order valence-corrected chi connectivity index (χ4v) is 3.57. The number of nitrogens with zero attached hydrogens (tertiary/aromatic N) is 4. The van der Waals surface area contributed by atoms with Gasteiger partial charge in [0.25, 0.3) is 0 Å². The highest BCUT2D eigenvalue weighted by Crippen LogP contribution is 2.34. The van der Waals surface area contributed by atoms with Gasteiger partial charge in [0.1, 0.15) is 11.6 Å². The summed E-state index contributed by atoms with van der Waals surface area (Å²) < 4.78 is 16.0. The predicted octanol–water partition coefficient (Wildman–Crippen LogP) is 2.99. The monoisotopic (exact) mass is 431 g/mol. The minimum absolute atomic E-state index is 0. The van der Waals surface area contributed by atoms with Crippen LogP contribution in [0.5, 0.6) is 17.2 Å². The highest BCUT2D eigenvalue weighted by atomic mass is 35.5. The first-order chi connectivity index (χ1) is 14.1. The van der Waals surface area contributed by atoms with Crippen molar-refractivity contribution >= 4 is 40.8 Å². The maximum absolute atomic E-state index is 6.23. The first-order valence-corrected chi connectivity index (χ1v) is 9.46. The lowest BCUT2D eigenvalue weighted by Crippen LogP contribution is -2.47. The van der Waals surface area contributed by atoms with E-state index >= 15 is 0 Å². The van der Waals surface area contributed by atoms with Gasteiger partial charge >= 0.3 is 0 Å². The molecule has 0 bridgehead atoms. The smallest absolute Gasteiger partial charge is 0.228 e. The van der Waals surface area contributed by atoms with Crippen LogP contribution in [0.15, 0.2) is 36.4 Å². The molecule has 0 atom stereocenters. The molecule has 2 N–H and O–H groups in total. The predicted molar refractivity (Wildman–Crippen MR) is 122 cm³/mol. The Morgan fingerprint density at radius 2 is 1.40 bits per heavy atom. The van der Waals surface area contributed by atoms with Crippen molar-refractivity contribution in [2.75, 3.05) is 63.0 Å². The van der Waals surface area contributed by atoms with Crippen LogP contribution in [0.25, 0.3) is 10.9 Å². The zero-order valence-corrected chi connectivity index (χ0v) is 18.1. The number of anilines is 3. The van der Waals surface area contributed by atoms with Crippen LogP contribution in [0.2, 0.25) is 0 Å². The molecule has 30 heavy (non-hydrogen) atoms. The fraction of sp³-hybridized carbons (Fsp3) is 0.333. The average Bonchev–Trinajstić information content (AvgIpc) is 2.78. The van der Waals surface area contributed by atoms with E-state index in [0.717, 1.165) is 42.8 Å². The van der Waals surface area contributed by atoms with Crippen molar-refractivity contribution in [1.29, 1.82) is 0 Å². The number of piperazine rings is 1. The summed E-state index contributed by atoms with van der Waals surface area (Å²) in [6.07, 6.45) is 0. The maximum atomic E-state index is 6.23. The molecule has 0 unspecified atom stereocenters. The molecule has 1 saturated heterocycles. The second-order valence-corrected chi connectivity index (χ2v) is 6.81. The molecule has 1 aliphatic rings. The highest BCUT2D eigenvalue weighted by molar-refractivity contribution is 5.91. The second kappa shape index (κ2) is 9.13. The number of rotatable bonds is 5. The van der Waals surface area contributed by atoms with Crippen molar-refractivity contribution in [1.82, 2.24) is 9.97 Å². The van der Waals surface area contributed by atoms with E-state index in [2.05, 4.69) is 26.9 Å². The third-order valence-electron chi connectivity index (χ3n) is 5.22. The molecule has 0 spiro atoms. The van der Waals surface area contributed by atoms with Gasteiger partial charge in [-0.1, -0.05) is 0 Å². The number of ether oxygens (including phenoxy) is 3. The molecule has 0 aliphatic carbocycles. The Balaban J connectivity index is 0.00000256. The van der Waals surface area contributed by atoms with E-state index in [1.54, 1.807) is 21.3 Å². The Labute approximate surface area is 182 Å². The van der Waals surface area contributed by atoms with Gasteiger partial charge in [-0.15, -0.1) is 12.4 Å². The van der Waals surface area contributed by atoms with Gasteiger partial charge in [-0.05, 0) is 30.3 Å². The van der Waals surface area contributed by atoms with Crippen LogP contribution in [0.3, 0.4) is 0 Å². The van der Waals surface area contributed by atoms with E-state index in [0.29, 0.717) is 23.3 Å². The Bertz CT molecular complexity index is 1010. The van der Waals surface area contributed by atoms with Crippen LogP contribution < -0.4 is 29.7 Å². The third-order valence-corrected chi connectivity index (χ3v) is 5.22. The minimum Gasteiger partial charge on any atom is -0.497 e. The van der Waals surface area contributed by atoms with Crippen molar-refractivity contribution in [2.24, 2.45) is 0 Å². The summed E-state index contributed by atoms with van der Waals surface area (Å²) in [5, 5.41) is 0.753. The molecule has 1 aromatic heterocycles. The van der Waals surface area contributed by atoms with Crippen LogP contribution in [-0.2, 0) is 0 Å². The number of hydrogen-bond donors (Lipinski definition) is 1. The van der Waals surface area contributed by atoms with Crippen molar-refractivity contribution in [3.8, 4) is 17.2 Å². The zero-order chi connectivity index (χ0) is 20.4. The van der Waals surface area contributed by atoms with Gasteiger partial charge in [-0.25, -0.2) is 4.98 Å². The summed E-state index contributed by atoms with van der Waals surface area (Å²) >= 11 is 0. The number of hydrogen-bond acceptors (Lipinski definition) is 8. The summed E-state index contributed by atoms with van der Waals surface area (Å²) in [6, 6.07) is 11.8. The normalized spacial score (nSPS) is 13.7. The van der Waals surface area contributed by atoms with Crippen molar-refractivity contribution in [3.05, 3.63) is 36.4 Å². The third kappa shape index (κ3) is 4.09. The molecule has 0 radical (unpaired) electrons. The van der Waals surface area contributed by atoms with Crippen LogP contribution >= 0.6 is 12.4 Å². The van der Waals surface area contributed by atoms with Crippen molar-refractivity contribution in [2.45, 2.75) is 0 Å². The number of nitrogen functional groups attached to an aromatic ring is 1. The van der Waals surface area contributed by atoms with Crippen LogP contribution in [0.4, 0.5) is 17.5 Å². The quantitative estimate of drug-likeness (QED) is 0.659. The number of halogens is 1. The Morgan fingerprint density at radius 1 is 0.800 bits per heavy atom. The second-order valence-electron chi connectivity index (χ2n) is 6.81. The van der Waals surface area contributed by atoms with E-state index in [1.165, 1.54) is 5.69 Å². The first kappa shape index (κ1) is 21.6. The molecule has 2 heterocycles. The largest absolute Gasteiger partial charge is 0.497 e. The summed E-state index contributed by atoms with van der Waals surface area (Å²) in [4.78, 5) is 13.8. The van der Waals surface area contributed by atoms with E-state index in [4.69, 9.17) is 24.9 Å². The van der Waals surface area contributed by atoms with Gasteiger partial charge in [0, 0.05) is 43.3 Å². The Morgan fingerprint density at radius 3 is 2.00 bits per heavy atom. The number of benzene rings is 2. The highest BCUT2D eigenvalue weighted by Gasteiger charge is 2.21. The number of nitrogens with two attached hydrogens (primary N) is 1. The lowest BCUT2D eigenvalue weighted by Gasteiger charge is -2.36. The van der Waals surface area contributed by atoms with Gasteiger partial charge in [0.2, 0.25) is 5.95 Å². The van der Waals surface area contributed by atoms with Gasteiger partial charge in [0.15, 0.2) is 11.5 Å². The van der Waals surface area contributed by atoms with Gasteiger partial charge < -0.3 is 29.7 Å². The minimum atomic E-state index is 0. The molecule has 0 amide bonds. The molecular weight excluding hydrogens is 406 g/mol.